The molecule has 24 heavy (non-hydrogen) atoms. The quantitative estimate of drug-likeness (QED) is 0.766. The molecule has 1 heterocycles. The maximum Gasteiger partial charge on any atom is 0.317 e. The van der Waals surface area contributed by atoms with Gasteiger partial charge in [-0.25, -0.2) is 4.79 Å². The Balaban J connectivity index is 1.69. The molecule has 2 rings (SSSR count). The van der Waals surface area contributed by atoms with Crippen LogP contribution in [0.5, 0.6) is 0 Å². The van der Waals surface area contributed by atoms with Gasteiger partial charge in [-0.05, 0) is 40.7 Å². The number of urea groups is 1. The van der Waals surface area contributed by atoms with E-state index in [0.717, 1.165) is 26.2 Å². The van der Waals surface area contributed by atoms with E-state index in [1.54, 1.807) is 0 Å². The van der Waals surface area contributed by atoms with E-state index >= 15 is 0 Å². The standard InChI is InChI=1S/C18H36N4O2/c1-15-13-21(14-18(2,3)24)11-12-22(15)17(23)19-9-10-20(4)16-7-5-6-8-16/h15-16,24H,5-14H2,1-4H3,(H,19,23)/t15-/m1/s1. The molecule has 1 aliphatic heterocycles. The summed E-state index contributed by atoms with van der Waals surface area (Å²) in [5.41, 5.74) is -0.686. The van der Waals surface area contributed by atoms with E-state index in [9.17, 15) is 9.90 Å². The van der Waals surface area contributed by atoms with Gasteiger partial charge in [0.1, 0.15) is 0 Å². The largest absolute Gasteiger partial charge is 0.389 e. The number of amides is 2. The van der Waals surface area contributed by atoms with Gasteiger partial charge in [0, 0.05) is 51.4 Å². The van der Waals surface area contributed by atoms with Crippen LogP contribution in [0.15, 0.2) is 0 Å². The average Bonchev–Trinajstić information content (AvgIpc) is 2.99. The van der Waals surface area contributed by atoms with Crippen molar-refractivity contribution in [2.75, 3.05) is 46.3 Å². The fraction of sp³-hybridized carbons (Fsp3) is 0.944. The molecule has 2 aliphatic rings. The third kappa shape index (κ3) is 5.90. The van der Waals surface area contributed by atoms with Crippen LogP contribution in [0.2, 0.25) is 0 Å². The van der Waals surface area contributed by atoms with Crippen molar-refractivity contribution in [2.45, 2.75) is 64.1 Å². The second-order valence-electron chi connectivity index (χ2n) is 8.24. The topological polar surface area (TPSA) is 59.1 Å². The lowest BCUT2D eigenvalue weighted by molar-refractivity contribution is 0.0119. The van der Waals surface area contributed by atoms with Crippen molar-refractivity contribution < 1.29 is 9.90 Å². The van der Waals surface area contributed by atoms with E-state index in [1.807, 2.05) is 18.7 Å². The Morgan fingerprint density at radius 3 is 2.54 bits per heavy atom. The van der Waals surface area contributed by atoms with Crippen LogP contribution in [0.1, 0.15) is 46.5 Å². The van der Waals surface area contributed by atoms with Crippen molar-refractivity contribution in [1.82, 2.24) is 20.0 Å². The van der Waals surface area contributed by atoms with Gasteiger partial charge in [-0.3, -0.25) is 4.90 Å². The average molecular weight is 341 g/mol. The van der Waals surface area contributed by atoms with Crippen LogP contribution < -0.4 is 5.32 Å². The monoisotopic (exact) mass is 340 g/mol. The number of carbonyl (C=O) groups excluding carboxylic acids is 1. The number of piperazine rings is 1. The summed E-state index contributed by atoms with van der Waals surface area (Å²) >= 11 is 0. The van der Waals surface area contributed by atoms with E-state index in [-0.39, 0.29) is 12.1 Å². The molecule has 2 fully saturated rings. The van der Waals surface area contributed by atoms with Crippen LogP contribution in [-0.2, 0) is 0 Å². The molecule has 0 aromatic rings. The molecule has 6 heteroatoms. The Kier molecular flexibility index (Phi) is 6.89. The zero-order chi connectivity index (χ0) is 17.7. The molecule has 6 nitrogen and oxygen atoms in total. The fourth-order valence-electron chi connectivity index (χ4n) is 3.99. The summed E-state index contributed by atoms with van der Waals surface area (Å²) in [6.45, 7) is 10.4. The van der Waals surface area contributed by atoms with Gasteiger partial charge in [0.25, 0.3) is 0 Å². The molecule has 0 bridgehead atoms. The maximum absolute atomic E-state index is 12.4. The van der Waals surface area contributed by atoms with Crippen molar-refractivity contribution in [2.24, 2.45) is 0 Å². The fourth-order valence-corrected chi connectivity index (χ4v) is 3.99. The third-order valence-corrected chi connectivity index (χ3v) is 5.27. The number of carbonyl (C=O) groups is 1. The summed E-state index contributed by atoms with van der Waals surface area (Å²) in [5, 5.41) is 13.0. The molecule has 140 valence electrons. The van der Waals surface area contributed by atoms with E-state index in [1.165, 1.54) is 25.7 Å². The van der Waals surface area contributed by atoms with Crippen LogP contribution in [0.3, 0.4) is 0 Å². The van der Waals surface area contributed by atoms with Crippen LogP contribution in [-0.4, -0.2) is 89.8 Å². The molecule has 1 saturated heterocycles. The smallest absolute Gasteiger partial charge is 0.317 e. The van der Waals surface area contributed by atoms with Gasteiger partial charge in [-0.1, -0.05) is 12.8 Å². The minimum Gasteiger partial charge on any atom is -0.389 e. The summed E-state index contributed by atoms with van der Waals surface area (Å²) in [5.74, 6) is 0. The summed E-state index contributed by atoms with van der Waals surface area (Å²) < 4.78 is 0. The highest BCUT2D eigenvalue weighted by atomic mass is 16.3. The lowest BCUT2D eigenvalue weighted by Gasteiger charge is -2.41. The molecule has 0 aromatic heterocycles. The molecule has 1 atom stereocenters. The first-order chi connectivity index (χ1) is 11.3. The summed E-state index contributed by atoms with van der Waals surface area (Å²) in [7, 11) is 2.17. The molecular weight excluding hydrogens is 304 g/mol. The van der Waals surface area contributed by atoms with Crippen LogP contribution in [0, 0.1) is 0 Å². The van der Waals surface area contributed by atoms with Gasteiger partial charge in [-0.15, -0.1) is 0 Å². The van der Waals surface area contributed by atoms with Crippen molar-refractivity contribution in [3.8, 4) is 0 Å². The molecule has 0 aromatic carbocycles. The highest BCUT2D eigenvalue weighted by Gasteiger charge is 2.29. The van der Waals surface area contributed by atoms with Crippen LogP contribution in [0.4, 0.5) is 4.79 Å². The molecule has 0 unspecified atom stereocenters. The van der Waals surface area contributed by atoms with Gasteiger partial charge in [0.15, 0.2) is 0 Å². The Labute approximate surface area is 147 Å². The number of rotatable bonds is 6. The van der Waals surface area contributed by atoms with E-state index in [2.05, 4.69) is 29.1 Å². The molecule has 0 radical (unpaired) electrons. The lowest BCUT2D eigenvalue weighted by Crippen LogP contribution is -2.58. The zero-order valence-corrected chi connectivity index (χ0v) is 15.9. The van der Waals surface area contributed by atoms with Gasteiger partial charge in [0.2, 0.25) is 0 Å². The number of likely N-dealkylation sites (N-methyl/N-ethyl adjacent to an activating group) is 1. The highest BCUT2D eigenvalue weighted by molar-refractivity contribution is 5.74. The Bertz CT molecular complexity index is 404. The predicted molar refractivity (Wildman–Crippen MR) is 97.2 cm³/mol. The maximum atomic E-state index is 12.4. The molecule has 2 amide bonds. The Morgan fingerprint density at radius 2 is 1.96 bits per heavy atom. The minimum absolute atomic E-state index is 0.0465. The van der Waals surface area contributed by atoms with Gasteiger partial charge >= 0.3 is 6.03 Å². The zero-order valence-electron chi connectivity index (χ0n) is 15.9. The van der Waals surface area contributed by atoms with Crippen LogP contribution in [0.25, 0.3) is 0 Å². The second kappa shape index (κ2) is 8.50. The number of β-amino-alcohol motifs (C(OH)–C–C–N with tert-alkyl or cyclic N) is 1. The summed E-state index contributed by atoms with van der Waals surface area (Å²) in [6.07, 6.45) is 5.27. The van der Waals surface area contributed by atoms with E-state index in [0.29, 0.717) is 19.1 Å². The van der Waals surface area contributed by atoms with E-state index < -0.39 is 5.60 Å². The number of hydrogen-bond donors (Lipinski definition) is 2. The van der Waals surface area contributed by atoms with Crippen molar-refractivity contribution in [3.05, 3.63) is 0 Å². The van der Waals surface area contributed by atoms with Gasteiger partial charge < -0.3 is 20.2 Å². The Morgan fingerprint density at radius 1 is 1.29 bits per heavy atom. The molecule has 0 spiro atoms. The third-order valence-electron chi connectivity index (χ3n) is 5.27. The first-order valence-corrected chi connectivity index (χ1v) is 9.46. The SMILES string of the molecule is C[C@@H]1CN(CC(C)(C)O)CCN1C(=O)NCCN(C)C1CCCC1. The molecule has 2 N–H and O–H groups in total. The first kappa shape index (κ1) is 19.5. The Hall–Kier alpha value is -0.850. The van der Waals surface area contributed by atoms with Crippen LogP contribution >= 0.6 is 0 Å². The minimum atomic E-state index is -0.686. The predicted octanol–water partition coefficient (Wildman–Crippen LogP) is 1.35. The molecular formula is C18H36N4O2. The van der Waals surface area contributed by atoms with Crippen molar-refractivity contribution in [3.63, 3.8) is 0 Å². The van der Waals surface area contributed by atoms with E-state index in [4.69, 9.17) is 0 Å². The molecule has 1 aliphatic carbocycles. The lowest BCUT2D eigenvalue weighted by atomic mass is 10.1. The number of nitrogens with zero attached hydrogens (tertiary/aromatic N) is 3. The first-order valence-electron chi connectivity index (χ1n) is 9.46. The number of aliphatic hydroxyl groups is 1. The number of hydrogen-bond acceptors (Lipinski definition) is 4. The second-order valence-corrected chi connectivity index (χ2v) is 8.24. The summed E-state index contributed by atoms with van der Waals surface area (Å²) in [4.78, 5) is 19.0. The molecule has 1 saturated carbocycles. The van der Waals surface area contributed by atoms with Gasteiger partial charge in [0.05, 0.1) is 5.60 Å². The highest BCUT2D eigenvalue weighted by Crippen LogP contribution is 2.21. The normalized spacial score (nSPS) is 23.9. The van der Waals surface area contributed by atoms with Crippen molar-refractivity contribution >= 4 is 6.03 Å². The summed E-state index contributed by atoms with van der Waals surface area (Å²) in [6, 6.07) is 0.921. The van der Waals surface area contributed by atoms with Gasteiger partial charge in [-0.2, -0.15) is 0 Å². The van der Waals surface area contributed by atoms with Crippen molar-refractivity contribution in [1.29, 1.82) is 0 Å². The number of nitrogens with one attached hydrogen (secondary N) is 1.